The quantitative estimate of drug-likeness (QED) is 0.897. The Labute approximate surface area is 114 Å². The molecule has 0 aliphatic rings. The van der Waals surface area contributed by atoms with Gasteiger partial charge in [-0.2, -0.15) is 5.26 Å². The fraction of sp³-hybridized carbons (Fsp3) is 0.235. The molecule has 0 saturated heterocycles. The lowest BCUT2D eigenvalue weighted by molar-refractivity contribution is 0.574. The molecule has 1 N–H and O–H groups in total. The van der Waals surface area contributed by atoms with E-state index in [1.807, 2.05) is 24.3 Å². The van der Waals surface area contributed by atoms with E-state index in [0.717, 1.165) is 6.54 Å². The first-order valence-corrected chi connectivity index (χ1v) is 6.48. The summed E-state index contributed by atoms with van der Waals surface area (Å²) in [6, 6.07) is 18.7. The molecule has 0 bridgehead atoms. The zero-order valence-corrected chi connectivity index (χ0v) is 11.4. The van der Waals surface area contributed by atoms with E-state index < -0.39 is 0 Å². The van der Waals surface area contributed by atoms with Crippen LogP contribution in [0.2, 0.25) is 0 Å². The van der Waals surface area contributed by atoms with Crippen LogP contribution < -0.4 is 5.32 Å². The fourth-order valence-corrected chi connectivity index (χ4v) is 2.06. The molecular formula is C17H18N2. The number of hydrogen-bond donors (Lipinski definition) is 1. The van der Waals surface area contributed by atoms with Crippen molar-refractivity contribution < 1.29 is 0 Å². The van der Waals surface area contributed by atoms with Crippen LogP contribution in [0.3, 0.4) is 0 Å². The Morgan fingerprint density at radius 2 is 1.89 bits per heavy atom. The summed E-state index contributed by atoms with van der Waals surface area (Å²) < 4.78 is 0. The summed E-state index contributed by atoms with van der Waals surface area (Å²) in [5.74, 6) is 0. The van der Waals surface area contributed by atoms with Gasteiger partial charge in [0, 0.05) is 12.6 Å². The van der Waals surface area contributed by atoms with Crippen molar-refractivity contribution in [3.63, 3.8) is 0 Å². The van der Waals surface area contributed by atoms with Crippen molar-refractivity contribution in [1.29, 1.82) is 5.26 Å². The maximum absolute atomic E-state index is 8.78. The summed E-state index contributed by atoms with van der Waals surface area (Å²) in [6.45, 7) is 5.09. The summed E-state index contributed by atoms with van der Waals surface area (Å²) in [7, 11) is 0. The summed E-state index contributed by atoms with van der Waals surface area (Å²) in [5.41, 5.74) is 4.48. The van der Waals surface area contributed by atoms with E-state index in [-0.39, 0.29) is 6.04 Å². The predicted molar refractivity (Wildman–Crippen MR) is 77.6 cm³/mol. The highest BCUT2D eigenvalue weighted by molar-refractivity contribution is 5.32. The van der Waals surface area contributed by atoms with Gasteiger partial charge in [0.15, 0.2) is 0 Å². The zero-order chi connectivity index (χ0) is 13.7. The number of nitrogens with zero attached hydrogens (tertiary/aromatic N) is 1. The molecule has 0 amide bonds. The van der Waals surface area contributed by atoms with E-state index in [2.05, 4.69) is 49.5 Å². The van der Waals surface area contributed by atoms with Gasteiger partial charge in [-0.1, -0.05) is 42.0 Å². The Balaban J connectivity index is 1.97. The van der Waals surface area contributed by atoms with Gasteiger partial charge in [-0.25, -0.2) is 0 Å². The van der Waals surface area contributed by atoms with Gasteiger partial charge in [0.1, 0.15) is 0 Å². The fourth-order valence-electron chi connectivity index (χ4n) is 2.06. The standard InChI is InChI=1S/C17H18N2/c1-13-4-3-5-16(10-13)12-19-14(2)17-8-6-15(11-18)7-9-17/h3-10,14,19H,12H2,1-2H3. The number of rotatable bonds is 4. The van der Waals surface area contributed by atoms with Gasteiger partial charge in [-0.15, -0.1) is 0 Å². The lowest BCUT2D eigenvalue weighted by atomic mass is 10.1. The predicted octanol–water partition coefficient (Wildman–Crippen LogP) is 3.72. The van der Waals surface area contributed by atoms with Crippen molar-refractivity contribution in [3.05, 3.63) is 70.8 Å². The maximum Gasteiger partial charge on any atom is 0.0991 e. The van der Waals surface area contributed by atoms with Crippen molar-refractivity contribution in [2.45, 2.75) is 26.4 Å². The lowest BCUT2D eigenvalue weighted by Gasteiger charge is -2.14. The second-order valence-corrected chi connectivity index (χ2v) is 4.83. The number of benzene rings is 2. The number of aryl methyl sites for hydroxylation is 1. The van der Waals surface area contributed by atoms with Crippen molar-refractivity contribution in [2.75, 3.05) is 0 Å². The second kappa shape index (κ2) is 6.17. The summed E-state index contributed by atoms with van der Waals surface area (Å²) >= 11 is 0. The van der Waals surface area contributed by atoms with Crippen molar-refractivity contribution in [2.24, 2.45) is 0 Å². The lowest BCUT2D eigenvalue weighted by Crippen LogP contribution is -2.18. The molecule has 2 nitrogen and oxygen atoms in total. The Morgan fingerprint density at radius 3 is 2.53 bits per heavy atom. The smallest absolute Gasteiger partial charge is 0.0991 e. The van der Waals surface area contributed by atoms with Crippen molar-refractivity contribution in [3.8, 4) is 6.07 Å². The number of nitrogens with one attached hydrogen (secondary N) is 1. The highest BCUT2D eigenvalue weighted by atomic mass is 14.9. The normalized spacial score (nSPS) is 11.8. The van der Waals surface area contributed by atoms with Crippen LogP contribution in [-0.4, -0.2) is 0 Å². The van der Waals surface area contributed by atoms with Gasteiger partial charge in [0.25, 0.3) is 0 Å². The maximum atomic E-state index is 8.78. The minimum absolute atomic E-state index is 0.272. The summed E-state index contributed by atoms with van der Waals surface area (Å²) in [6.07, 6.45) is 0. The van der Waals surface area contributed by atoms with Gasteiger partial charge in [0.2, 0.25) is 0 Å². The highest BCUT2D eigenvalue weighted by Crippen LogP contribution is 2.14. The first kappa shape index (κ1) is 13.3. The molecule has 0 aliphatic carbocycles. The summed E-state index contributed by atoms with van der Waals surface area (Å²) in [5, 5.41) is 12.3. The molecule has 1 atom stereocenters. The zero-order valence-electron chi connectivity index (χ0n) is 11.4. The minimum atomic E-state index is 0.272. The monoisotopic (exact) mass is 250 g/mol. The Bertz CT molecular complexity index is 579. The molecule has 2 rings (SSSR count). The van der Waals surface area contributed by atoms with Crippen molar-refractivity contribution >= 4 is 0 Å². The van der Waals surface area contributed by atoms with Crippen LogP contribution in [-0.2, 0) is 6.54 Å². The first-order chi connectivity index (χ1) is 9.19. The molecule has 0 radical (unpaired) electrons. The van der Waals surface area contributed by atoms with Gasteiger partial charge in [-0.05, 0) is 37.1 Å². The van der Waals surface area contributed by atoms with E-state index in [1.54, 1.807) is 0 Å². The van der Waals surface area contributed by atoms with Gasteiger partial charge < -0.3 is 5.32 Å². The molecule has 2 aromatic rings. The molecule has 0 aliphatic heterocycles. The van der Waals surface area contributed by atoms with Crippen LogP contribution in [0, 0.1) is 18.3 Å². The molecule has 2 heteroatoms. The van der Waals surface area contributed by atoms with E-state index in [0.29, 0.717) is 5.56 Å². The van der Waals surface area contributed by atoms with Gasteiger partial charge >= 0.3 is 0 Å². The third-order valence-electron chi connectivity index (χ3n) is 3.23. The van der Waals surface area contributed by atoms with Gasteiger partial charge in [0.05, 0.1) is 11.6 Å². The Kier molecular flexibility index (Phi) is 4.33. The Morgan fingerprint density at radius 1 is 1.16 bits per heavy atom. The Hall–Kier alpha value is -2.11. The van der Waals surface area contributed by atoms with Crippen LogP contribution in [0.5, 0.6) is 0 Å². The van der Waals surface area contributed by atoms with E-state index in [1.165, 1.54) is 16.7 Å². The highest BCUT2D eigenvalue weighted by Gasteiger charge is 2.04. The van der Waals surface area contributed by atoms with E-state index >= 15 is 0 Å². The third kappa shape index (κ3) is 3.67. The molecule has 0 heterocycles. The first-order valence-electron chi connectivity index (χ1n) is 6.48. The molecule has 1 unspecified atom stereocenters. The molecule has 0 spiro atoms. The molecule has 2 aromatic carbocycles. The molecule has 0 saturated carbocycles. The average Bonchev–Trinajstić information content (AvgIpc) is 2.45. The molecule has 0 aromatic heterocycles. The molecule has 96 valence electrons. The topological polar surface area (TPSA) is 35.8 Å². The summed E-state index contributed by atoms with van der Waals surface area (Å²) in [4.78, 5) is 0. The second-order valence-electron chi connectivity index (χ2n) is 4.83. The molecular weight excluding hydrogens is 232 g/mol. The minimum Gasteiger partial charge on any atom is -0.306 e. The van der Waals surface area contributed by atoms with Crippen LogP contribution in [0.4, 0.5) is 0 Å². The van der Waals surface area contributed by atoms with E-state index in [4.69, 9.17) is 5.26 Å². The van der Waals surface area contributed by atoms with Crippen LogP contribution in [0.1, 0.15) is 35.2 Å². The van der Waals surface area contributed by atoms with Crippen LogP contribution in [0.25, 0.3) is 0 Å². The van der Waals surface area contributed by atoms with Crippen LogP contribution >= 0.6 is 0 Å². The number of nitriles is 1. The largest absolute Gasteiger partial charge is 0.306 e. The number of hydrogen-bond acceptors (Lipinski definition) is 2. The van der Waals surface area contributed by atoms with E-state index in [9.17, 15) is 0 Å². The SMILES string of the molecule is Cc1cccc(CNC(C)c2ccc(C#N)cc2)c1. The van der Waals surface area contributed by atoms with Crippen LogP contribution in [0.15, 0.2) is 48.5 Å². The molecule has 0 fully saturated rings. The van der Waals surface area contributed by atoms with Gasteiger partial charge in [-0.3, -0.25) is 0 Å². The van der Waals surface area contributed by atoms with Crippen molar-refractivity contribution in [1.82, 2.24) is 5.32 Å². The third-order valence-corrected chi connectivity index (χ3v) is 3.23. The molecule has 19 heavy (non-hydrogen) atoms. The average molecular weight is 250 g/mol.